The predicted octanol–water partition coefficient (Wildman–Crippen LogP) is 2.95. The van der Waals surface area contributed by atoms with Crippen LogP contribution < -0.4 is 19.1 Å². The predicted molar refractivity (Wildman–Crippen MR) is 111 cm³/mol. The fraction of sp³-hybridized carbons (Fsp3) is 0.381. The molecule has 0 unspecified atom stereocenters. The van der Waals surface area contributed by atoms with E-state index in [-0.39, 0.29) is 10.6 Å². The Morgan fingerprint density at radius 2 is 1.77 bits per heavy atom. The van der Waals surface area contributed by atoms with Gasteiger partial charge in [-0.15, -0.1) is 0 Å². The summed E-state index contributed by atoms with van der Waals surface area (Å²) in [5, 5.41) is 2.74. The van der Waals surface area contributed by atoms with E-state index in [0.29, 0.717) is 37.2 Å². The highest BCUT2D eigenvalue weighted by atomic mass is 32.2. The van der Waals surface area contributed by atoms with Gasteiger partial charge in [-0.1, -0.05) is 13.8 Å². The highest BCUT2D eigenvalue weighted by Gasteiger charge is 2.29. The second-order valence-electron chi connectivity index (χ2n) is 7.33. The second-order valence-corrected chi connectivity index (χ2v) is 9.19. The number of hydrogen-bond donors (Lipinski definition) is 1. The lowest BCUT2D eigenvalue weighted by molar-refractivity contribution is -0.119. The number of benzene rings is 2. The van der Waals surface area contributed by atoms with Crippen LogP contribution in [0.2, 0.25) is 0 Å². The number of carbonyl (C=O) groups is 1. The zero-order valence-electron chi connectivity index (χ0n) is 16.9. The number of nitrogens with zero attached hydrogens (tertiary/aromatic N) is 1. The van der Waals surface area contributed by atoms with Gasteiger partial charge in [-0.2, -0.15) is 0 Å². The molecule has 1 amide bonds. The van der Waals surface area contributed by atoms with Crippen molar-refractivity contribution in [1.82, 2.24) is 5.32 Å². The van der Waals surface area contributed by atoms with Crippen LogP contribution in [-0.4, -0.2) is 40.6 Å². The number of carbonyl (C=O) groups excluding carboxylic acids is 1. The van der Waals surface area contributed by atoms with E-state index in [2.05, 4.69) is 5.32 Å². The van der Waals surface area contributed by atoms with Gasteiger partial charge in [0.2, 0.25) is 5.91 Å². The molecule has 0 aromatic heterocycles. The molecule has 0 fully saturated rings. The van der Waals surface area contributed by atoms with Crippen molar-refractivity contribution in [3.05, 3.63) is 48.3 Å². The van der Waals surface area contributed by atoms with Crippen molar-refractivity contribution in [3.8, 4) is 11.5 Å². The Bertz CT molecular complexity index is 993. The molecular formula is C21H25FN2O5S. The minimum absolute atomic E-state index is 0.0499. The van der Waals surface area contributed by atoms with Gasteiger partial charge in [0.05, 0.1) is 10.6 Å². The molecular weight excluding hydrogens is 411 g/mol. The number of sulfonamides is 1. The van der Waals surface area contributed by atoms with E-state index in [1.54, 1.807) is 0 Å². The minimum Gasteiger partial charge on any atom is -0.486 e. The first-order chi connectivity index (χ1) is 14.3. The Morgan fingerprint density at radius 3 is 2.43 bits per heavy atom. The summed E-state index contributed by atoms with van der Waals surface area (Å²) < 4.78 is 52.0. The summed E-state index contributed by atoms with van der Waals surface area (Å²) in [5.74, 6) is 0.237. The van der Waals surface area contributed by atoms with E-state index in [1.807, 2.05) is 13.8 Å². The molecule has 1 N–H and O–H groups in total. The molecule has 0 spiro atoms. The molecule has 1 aliphatic heterocycles. The number of anilines is 1. The SMILES string of the molecule is CC(C)CCNC(=O)CN(c1ccc(F)cc1)S(=O)(=O)c1ccc2c(c1)OCCO2. The van der Waals surface area contributed by atoms with Gasteiger partial charge in [-0.25, -0.2) is 12.8 Å². The molecule has 0 atom stereocenters. The van der Waals surface area contributed by atoms with E-state index in [1.165, 1.54) is 30.3 Å². The quantitative estimate of drug-likeness (QED) is 0.688. The molecule has 3 rings (SSSR count). The van der Waals surface area contributed by atoms with Crippen molar-refractivity contribution in [3.63, 3.8) is 0 Å². The Labute approximate surface area is 175 Å². The van der Waals surface area contributed by atoms with E-state index in [4.69, 9.17) is 9.47 Å². The average Bonchev–Trinajstić information content (AvgIpc) is 2.72. The first-order valence-corrected chi connectivity index (χ1v) is 11.2. The molecule has 1 aliphatic rings. The fourth-order valence-corrected chi connectivity index (χ4v) is 4.36. The maximum absolute atomic E-state index is 13.4. The maximum atomic E-state index is 13.4. The van der Waals surface area contributed by atoms with Gasteiger partial charge in [0.15, 0.2) is 11.5 Å². The van der Waals surface area contributed by atoms with Crippen molar-refractivity contribution < 1.29 is 27.1 Å². The lowest BCUT2D eigenvalue weighted by Gasteiger charge is -2.25. The molecule has 0 bridgehead atoms. The summed E-state index contributed by atoms with van der Waals surface area (Å²) in [6, 6.07) is 9.25. The smallest absolute Gasteiger partial charge is 0.264 e. The number of rotatable bonds is 8. The summed E-state index contributed by atoms with van der Waals surface area (Å²) >= 11 is 0. The minimum atomic E-state index is -4.12. The van der Waals surface area contributed by atoms with Gasteiger partial charge >= 0.3 is 0 Å². The summed E-state index contributed by atoms with van der Waals surface area (Å²) in [6.07, 6.45) is 0.775. The van der Waals surface area contributed by atoms with Crippen molar-refractivity contribution in [2.24, 2.45) is 5.92 Å². The summed E-state index contributed by atoms with van der Waals surface area (Å²) in [7, 11) is -4.12. The first-order valence-electron chi connectivity index (χ1n) is 9.72. The van der Waals surface area contributed by atoms with Crippen LogP contribution in [0.25, 0.3) is 0 Å². The topological polar surface area (TPSA) is 84.9 Å². The number of nitrogens with one attached hydrogen (secondary N) is 1. The summed E-state index contributed by atoms with van der Waals surface area (Å²) in [6.45, 7) is 4.78. The molecule has 0 saturated heterocycles. The molecule has 0 radical (unpaired) electrons. The maximum Gasteiger partial charge on any atom is 0.264 e. The van der Waals surface area contributed by atoms with Crippen LogP contribution in [0.15, 0.2) is 47.4 Å². The van der Waals surface area contributed by atoms with Gasteiger partial charge in [0.1, 0.15) is 25.6 Å². The summed E-state index contributed by atoms with van der Waals surface area (Å²) in [5.41, 5.74) is 0.185. The van der Waals surface area contributed by atoms with E-state index in [9.17, 15) is 17.6 Å². The van der Waals surface area contributed by atoms with E-state index < -0.39 is 28.3 Å². The number of amides is 1. The first kappa shape index (κ1) is 21.9. The van der Waals surface area contributed by atoms with Gasteiger partial charge in [0, 0.05) is 12.6 Å². The third-order valence-electron chi connectivity index (χ3n) is 4.55. The van der Waals surface area contributed by atoms with Crippen LogP contribution in [0.1, 0.15) is 20.3 Å². The summed E-state index contributed by atoms with van der Waals surface area (Å²) in [4.78, 5) is 12.4. The van der Waals surface area contributed by atoms with Gasteiger partial charge in [-0.05, 0) is 48.7 Å². The van der Waals surface area contributed by atoms with Crippen LogP contribution >= 0.6 is 0 Å². The Morgan fingerprint density at radius 1 is 1.10 bits per heavy atom. The average molecular weight is 437 g/mol. The number of hydrogen-bond acceptors (Lipinski definition) is 5. The third kappa shape index (κ3) is 5.21. The van der Waals surface area contributed by atoms with Crippen molar-refractivity contribution >= 4 is 21.6 Å². The molecule has 0 aliphatic carbocycles. The molecule has 2 aromatic carbocycles. The van der Waals surface area contributed by atoms with Crippen molar-refractivity contribution in [2.75, 3.05) is 30.6 Å². The number of ether oxygens (including phenoxy) is 2. The monoisotopic (exact) mass is 436 g/mol. The van der Waals surface area contributed by atoms with Crippen LogP contribution in [0.3, 0.4) is 0 Å². The standard InChI is InChI=1S/C21H25FN2O5S/c1-15(2)9-10-23-21(25)14-24(17-5-3-16(22)4-6-17)30(26,27)18-7-8-19-20(13-18)29-12-11-28-19/h3-8,13,15H,9-12,14H2,1-2H3,(H,23,25). The van der Waals surface area contributed by atoms with Crippen molar-refractivity contribution in [2.45, 2.75) is 25.2 Å². The Kier molecular flexibility index (Phi) is 6.81. The molecule has 0 saturated carbocycles. The lowest BCUT2D eigenvalue weighted by Crippen LogP contribution is -2.41. The van der Waals surface area contributed by atoms with Crippen molar-refractivity contribution in [1.29, 1.82) is 0 Å². The third-order valence-corrected chi connectivity index (χ3v) is 6.32. The normalized spacial score (nSPS) is 13.2. The molecule has 7 nitrogen and oxygen atoms in total. The lowest BCUT2D eigenvalue weighted by atomic mass is 10.1. The van der Waals surface area contributed by atoms with Crippen LogP contribution in [-0.2, 0) is 14.8 Å². The molecule has 9 heteroatoms. The number of fused-ring (bicyclic) bond motifs is 1. The molecule has 1 heterocycles. The zero-order chi connectivity index (χ0) is 21.7. The van der Waals surface area contributed by atoms with Gasteiger partial charge < -0.3 is 14.8 Å². The van der Waals surface area contributed by atoms with Crippen LogP contribution in [0, 0.1) is 11.7 Å². The van der Waals surface area contributed by atoms with Gasteiger partial charge in [0.25, 0.3) is 10.0 Å². The number of halogens is 1. The fourth-order valence-electron chi connectivity index (χ4n) is 2.92. The van der Waals surface area contributed by atoms with Crippen LogP contribution in [0.4, 0.5) is 10.1 Å². The van der Waals surface area contributed by atoms with E-state index >= 15 is 0 Å². The Hall–Kier alpha value is -2.81. The Balaban J connectivity index is 1.90. The second kappa shape index (κ2) is 9.34. The zero-order valence-corrected chi connectivity index (χ0v) is 17.7. The largest absolute Gasteiger partial charge is 0.486 e. The van der Waals surface area contributed by atoms with Gasteiger partial charge in [-0.3, -0.25) is 9.10 Å². The molecule has 162 valence electrons. The molecule has 2 aromatic rings. The van der Waals surface area contributed by atoms with E-state index in [0.717, 1.165) is 22.9 Å². The van der Waals surface area contributed by atoms with Crippen LogP contribution in [0.5, 0.6) is 11.5 Å². The highest BCUT2D eigenvalue weighted by molar-refractivity contribution is 7.92. The molecule has 30 heavy (non-hydrogen) atoms. The highest BCUT2D eigenvalue weighted by Crippen LogP contribution is 2.34.